The number of nitrogens with one attached hydrogen (secondary N) is 2. The summed E-state index contributed by atoms with van der Waals surface area (Å²) in [6.45, 7) is 7.22. The van der Waals surface area contributed by atoms with Gasteiger partial charge in [0.25, 0.3) is 0 Å². The number of H-pyrrole nitrogens is 1. The van der Waals surface area contributed by atoms with Crippen molar-refractivity contribution in [2.75, 3.05) is 19.7 Å². The van der Waals surface area contributed by atoms with Crippen molar-refractivity contribution in [1.29, 1.82) is 0 Å². The number of nitrogens with zero attached hydrogens (tertiary/aromatic N) is 1. The number of amides is 2. The number of esters is 1. The summed E-state index contributed by atoms with van der Waals surface area (Å²) in [4.78, 5) is 42.6. The lowest BCUT2D eigenvalue weighted by atomic mass is 9.94. The fraction of sp³-hybridized carbons (Fsp3) is 0.720. The van der Waals surface area contributed by atoms with Crippen LogP contribution in [0, 0.1) is 19.8 Å². The van der Waals surface area contributed by atoms with Gasteiger partial charge in [0, 0.05) is 37.2 Å². The number of carbonyl (C=O) groups excluding carboxylic acids is 3. The molecule has 0 radical (unpaired) electrons. The molecule has 7 nitrogen and oxygen atoms in total. The Morgan fingerprint density at radius 3 is 2.31 bits per heavy atom. The molecule has 3 rings (SSSR count). The van der Waals surface area contributed by atoms with Gasteiger partial charge in [0.2, 0.25) is 11.8 Å². The monoisotopic (exact) mass is 445 g/mol. The third-order valence-electron chi connectivity index (χ3n) is 7.08. The van der Waals surface area contributed by atoms with E-state index >= 15 is 0 Å². The second-order valence-corrected chi connectivity index (χ2v) is 9.30. The van der Waals surface area contributed by atoms with Crippen molar-refractivity contribution in [2.24, 2.45) is 5.92 Å². The first-order valence-electron chi connectivity index (χ1n) is 12.3. The lowest BCUT2D eigenvalue weighted by Crippen LogP contribution is -2.45. The van der Waals surface area contributed by atoms with Crippen LogP contribution >= 0.6 is 0 Å². The molecule has 32 heavy (non-hydrogen) atoms. The highest BCUT2D eigenvalue weighted by Crippen LogP contribution is 2.23. The maximum Gasteiger partial charge on any atom is 0.355 e. The molecule has 1 aliphatic heterocycles. The first-order chi connectivity index (χ1) is 15.4. The maximum absolute atomic E-state index is 12.8. The minimum absolute atomic E-state index is 0.0172. The van der Waals surface area contributed by atoms with Crippen molar-refractivity contribution in [1.82, 2.24) is 15.2 Å². The highest BCUT2D eigenvalue weighted by molar-refractivity contribution is 5.90. The third kappa shape index (κ3) is 6.14. The number of piperidine rings is 1. The smallest absolute Gasteiger partial charge is 0.355 e. The molecule has 1 aromatic heterocycles. The Bertz CT molecular complexity index is 800. The average molecular weight is 446 g/mol. The summed E-state index contributed by atoms with van der Waals surface area (Å²) in [5.74, 6) is -0.0437. The Balaban J connectivity index is 1.46. The van der Waals surface area contributed by atoms with Crippen LogP contribution < -0.4 is 5.32 Å². The second-order valence-electron chi connectivity index (χ2n) is 9.30. The first-order valence-corrected chi connectivity index (χ1v) is 12.3. The Morgan fingerprint density at radius 2 is 1.69 bits per heavy atom. The topological polar surface area (TPSA) is 91.5 Å². The molecule has 2 N–H and O–H groups in total. The zero-order valence-corrected chi connectivity index (χ0v) is 19.9. The molecule has 1 aromatic rings. The molecule has 2 fully saturated rings. The number of likely N-dealkylation sites (tertiary alicyclic amines) is 1. The molecule has 0 spiro atoms. The predicted molar refractivity (Wildman–Crippen MR) is 123 cm³/mol. The Hall–Kier alpha value is -2.31. The van der Waals surface area contributed by atoms with Crippen LogP contribution in [0.15, 0.2) is 0 Å². The highest BCUT2D eigenvalue weighted by atomic mass is 16.5. The standard InChI is InChI=1S/C25H39N3O4/c1-4-32-25(31)23-17(2)21(18(3)26-23)11-12-22(29)28-15-13-19(14-16-28)24(30)27-20-9-7-5-6-8-10-20/h19-20,26H,4-16H2,1-3H3,(H,27,30). The number of aromatic amines is 1. The quantitative estimate of drug-likeness (QED) is 0.493. The number of aromatic nitrogens is 1. The summed E-state index contributed by atoms with van der Waals surface area (Å²) in [6.07, 6.45) is 9.63. The van der Waals surface area contributed by atoms with Crippen LogP contribution in [0.5, 0.6) is 0 Å². The van der Waals surface area contributed by atoms with E-state index in [9.17, 15) is 14.4 Å². The lowest BCUT2D eigenvalue weighted by molar-refractivity contribution is -0.135. The van der Waals surface area contributed by atoms with Crippen LogP contribution in [-0.4, -0.2) is 53.4 Å². The molecule has 1 saturated heterocycles. The number of hydrogen-bond acceptors (Lipinski definition) is 4. The van der Waals surface area contributed by atoms with Gasteiger partial charge in [-0.1, -0.05) is 25.7 Å². The van der Waals surface area contributed by atoms with Gasteiger partial charge in [-0.05, 0) is 64.0 Å². The zero-order chi connectivity index (χ0) is 23.1. The fourth-order valence-electron chi connectivity index (χ4n) is 5.10. The van der Waals surface area contributed by atoms with E-state index in [1.54, 1.807) is 6.92 Å². The summed E-state index contributed by atoms with van der Waals surface area (Å²) in [5.41, 5.74) is 3.27. The van der Waals surface area contributed by atoms with Gasteiger partial charge in [-0.2, -0.15) is 0 Å². The summed E-state index contributed by atoms with van der Waals surface area (Å²) in [7, 11) is 0. The van der Waals surface area contributed by atoms with Crippen LogP contribution in [0.25, 0.3) is 0 Å². The van der Waals surface area contributed by atoms with Gasteiger partial charge in [-0.25, -0.2) is 4.79 Å². The van der Waals surface area contributed by atoms with E-state index in [-0.39, 0.29) is 23.7 Å². The molecule has 0 atom stereocenters. The van der Waals surface area contributed by atoms with Crippen LogP contribution in [0.2, 0.25) is 0 Å². The first kappa shape index (κ1) is 24.3. The number of aryl methyl sites for hydroxylation is 1. The van der Waals surface area contributed by atoms with Crippen LogP contribution in [0.3, 0.4) is 0 Å². The van der Waals surface area contributed by atoms with E-state index in [1.807, 2.05) is 18.7 Å². The van der Waals surface area contributed by atoms with Gasteiger partial charge in [-0.3, -0.25) is 9.59 Å². The molecule has 2 aliphatic rings. The van der Waals surface area contributed by atoms with Crippen LogP contribution in [-0.2, 0) is 20.7 Å². The van der Waals surface area contributed by atoms with Crippen molar-refractivity contribution in [3.05, 3.63) is 22.5 Å². The van der Waals surface area contributed by atoms with Crippen LogP contribution in [0.4, 0.5) is 0 Å². The Kier molecular flexibility index (Phi) is 8.76. The molecule has 2 heterocycles. The van der Waals surface area contributed by atoms with Crippen LogP contribution in [0.1, 0.15) is 92.0 Å². The fourth-order valence-corrected chi connectivity index (χ4v) is 5.10. The minimum atomic E-state index is -0.352. The summed E-state index contributed by atoms with van der Waals surface area (Å²) < 4.78 is 5.10. The van der Waals surface area contributed by atoms with Gasteiger partial charge < -0.3 is 19.9 Å². The Labute approximate surface area is 191 Å². The lowest BCUT2D eigenvalue weighted by Gasteiger charge is -2.32. The molecule has 1 saturated carbocycles. The minimum Gasteiger partial charge on any atom is -0.461 e. The van der Waals surface area contributed by atoms with Crippen molar-refractivity contribution in [2.45, 2.75) is 91.0 Å². The number of carbonyl (C=O) groups is 3. The molecule has 0 unspecified atom stereocenters. The SMILES string of the molecule is CCOC(=O)c1[nH]c(C)c(CCC(=O)N2CCC(C(=O)NC3CCCCCC3)CC2)c1C. The molecule has 7 heteroatoms. The van der Waals surface area contributed by atoms with E-state index in [2.05, 4.69) is 10.3 Å². The van der Waals surface area contributed by atoms with Crippen molar-refractivity contribution < 1.29 is 19.1 Å². The molecule has 2 amide bonds. The van der Waals surface area contributed by atoms with Gasteiger partial charge in [-0.15, -0.1) is 0 Å². The third-order valence-corrected chi connectivity index (χ3v) is 7.08. The molecule has 0 aromatic carbocycles. The average Bonchev–Trinajstić information content (AvgIpc) is 2.94. The maximum atomic E-state index is 12.8. The highest BCUT2D eigenvalue weighted by Gasteiger charge is 2.29. The van der Waals surface area contributed by atoms with E-state index in [4.69, 9.17) is 4.74 Å². The van der Waals surface area contributed by atoms with E-state index in [0.29, 0.717) is 44.3 Å². The second kappa shape index (κ2) is 11.5. The molecule has 0 bridgehead atoms. The molecular weight excluding hydrogens is 406 g/mol. The van der Waals surface area contributed by atoms with Gasteiger partial charge in [0.15, 0.2) is 0 Å². The predicted octanol–water partition coefficient (Wildman–Crippen LogP) is 3.82. The zero-order valence-electron chi connectivity index (χ0n) is 19.9. The molecule has 1 aliphatic carbocycles. The summed E-state index contributed by atoms with van der Waals surface area (Å²) in [5, 5.41) is 3.27. The van der Waals surface area contributed by atoms with E-state index in [0.717, 1.165) is 42.5 Å². The van der Waals surface area contributed by atoms with Crippen molar-refractivity contribution in [3.63, 3.8) is 0 Å². The Morgan fingerprint density at radius 1 is 1.03 bits per heavy atom. The summed E-state index contributed by atoms with van der Waals surface area (Å²) in [6, 6.07) is 0.331. The largest absolute Gasteiger partial charge is 0.461 e. The number of hydrogen-bond donors (Lipinski definition) is 2. The summed E-state index contributed by atoms with van der Waals surface area (Å²) >= 11 is 0. The number of rotatable bonds is 7. The molecule has 178 valence electrons. The van der Waals surface area contributed by atoms with Gasteiger partial charge in [0.1, 0.15) is 5.69 Å². The van der Waals surface area contributed by atoms with Gasteiger partial charge in [0.05, 0.1) is 6.61 Å². The van der Waals surface area contributed by atoms with Crippen molar-refractivity contribution in [3.8, 4) is 0 Å². The van der Waals surface area contributed by atoms with Crippen molar-refractivity contribution >= 4 is 17.8 Å². The molecular formula is C25H39N3O4. The van der Waals surface area contributed by atoms with E-state index < -0.39 is 0 Å². The van der Waals surface area contributed by atoms with Gasteiger partial charge >= 0.3 is 5.97 Å². The normalized spacial score (nSPS) is 18.3. The number of ether oxygens (including phenoxy) is 1. The van der Waals surface area contributed by atoms with E-state index in [1.165, 1.54) is 25.7 Å².